The molecule has 1 amide bonds. The molecule has 1 unspecified atom stereocenters. The lowest BCUT2D eigenvalue weighted by Crippen LogP contribution is -2.42. The van der Waals surface area contributed by atoms with Gasteiger partial charge < -0.3 is 0 Å². The molecular formula is C15H22N2O2. The summed E-state index contributed by atoms with van der Waals surface area (Å²) >= 11 is 0. The first-order chi connectivity index (χ1) is 9.29. The van der Waals surface area contributed by atoms with Gasteiger partial charge in [0.25, 0.3) is 0 Å². The van der Waals surface area contributed by atoms with E-state index in [-0.39, 0.29) is 11.8 Å². The van der Waals surface area contributed by atoms with Gasteiger partial charge in [0.15, 0.2) is 0 Å². The second-order valence-electron chi connectivity index (χ2n) is 4.96. The monoisotopic (exact) mass is 262 g/mol. The lowest BCUT2D eigenvalue weighted by atomic mass is 9.97. The maximum Gasteiger partial charge on any atom is 0.247 e. The first-order valence-corrected chi connectivity index (χ1v) is 6.97. The van der Waals surface area contributed by atoms with E-state index in [1.165, 1.54) is 5.56 Å². The molecule has 4 nitrogen and oxygen atoms in total. The number of benzene rings is 1. The Bertz CT molecular complexity index is 394. The van der Waals surface area contributed by atoms with Crippen molar-refractivity contribution in [2.45, 2.75) is 26.3 Å². The average Bonchev–Trinajstić information content (AvgIpc) is 2.46. The van der Waals surface area contributed by atoms with Crippen LogP contribution in [0.1, 0.15) is 25.3 Å². The molecule has 104 valence electrons. The van der Waals surface area contributed by atoms with Gasteiger partial charge >= 0.3 is 0 Å². The molecule has 0 saturated carbocycles. The van der Waals surface area contributed by atoms with Crippen LogP contribution >= 0.6 is 0 Å². The summed E-state index contributed by atoms with van der Waals surface area (Å²) in [5, 5.41) is 0. The van der Waals surface area contributed by atoms with E-state index in [1.54, 1.807) is 0 Å². The largest absolute Gasteiger partial charge is 0.298 e. The lowest BCUT2D eigenvalue weighted by Gasteiger charge is -2.31. The summed E-state index contributed by atoms with van der Waals surface area (Å²) < 4.78 is 0. The fourth-order valence-electron chi connectivity index (χ4n) is 2.48. The Balaban J connectivity index is 1.85. The SMILES string of the molecule is CCONC(=O)C1CCCN(Cc2ccccc2)C1. The number of carbonyl (C=O) groups is 1. The Morgan fingerprint density at radius 2 is 2.21 bits per heavy atom. The third-order valence-corrected chi connectivity index (χ3v) is 3.44. The van der Waals surface area contributed by atoms with Crippen molar-refractivity contribution >= 4 is 5.91 Å². The van der Waals surface area contributed by atoms with E-state index in [9.17, 15) is 4.79 Å². The van der Waals surface area contributed by atoms with E-state index in [4.69, 9.17) is 4.84 Å². The number of likely N-dealkylation sites (tertiary alicyclic amines) is 1. The van der Waals surface area contributed by atoms with Gasteiger partial charge in [0.1, 0.15) is 0 Å². The van der Waals surface area contributed by atoms with Gasteiger partial charge in [0.05, 0.1) is 12.5 Å². The number of rotatable bonds is 5. The highest BCUT2D eigenvalue weighted by Crippen LogP contribution is 2.18. The van der Waals surface area contributed by atoms with E-state index >= 15 is 0 Å². The Morgan fingerprint density at radius 1 is 1.42 bits per heavy atom. The van der Waals surface area contributed by atoms with E-state index in [0.29, 0.717) is 6.61 Å². The minimum absolute atomic E-state index is 0.0135. The van der Waals surface area contributed by atoms with Crippen molar-refractivity contribution in [3.05, 3.63) is 35.9 Å². The fraction of sp³-hybridized carbons (Fsp3) is 0.533. The van der Waals surface area contributed by atoms with Crippen LogP contribution in [0.4, 0.5) is 0 Å². The van der Waals surface area contributed by atoms with Crippen molar-refractivity contribution in [3.8, 4) is 0 Å². The van der Waals surface area contributed by atoms with Crippen LogP contribution in [0.3, 0.4) is 0 Å². The number of amides is 1. The van der Waals surface area contributed by atoms with Crippen LogP contribution in [-0.4, -0.2) is 30.5 Å². The maximum atomic E-state index is 11.9. The Hall–Kier alpha value is -1.39. The number of nitrogens with one attached hydrogen (secondary N) is 1. The lowest BCUT2D eigenvalue weighted by molar-refractivity contribution is -0.139. The molecule has 0 aliphatic carbocycles. The van der Waals surface area contributed by atoms with Crippen LogP contribution < -0.4 is 5.48 Å². The average molecular weight is 262 g/mol. The molecule has 1 fully saturated rings. The van der Waals surface area contributed by atoms with E-state index < -0.39 is 0 Å². The first-order valence-electron chi connectivity index (χ1n) is 6.97. The van der Waals surface area contributed by atoms with Crippen molar-refractivity contribution < 1.29 is 9.63 Å². The van der Waals surface area contributed by atoms with Gasteiger partial charge in [-0.2, -0.15) is 0 Å². The van der Waals surface area contributed by atoms with Crippen molar-refractivity contribution in [2.24, 2.45) is 5.92 Å². The van der Waals surface area contributed by atoms with Crippen LogP contribution in [0.15, 0.2) is 30.3 Å². The van der Waals surface area contributed by atoms with Crippen LogP contribution in [0.5, 0.6) is 0 Å². The number of piperidine rings is 1. The summed E-state index contributed by atoms with van der Waals surface area (Å²) in [6, 6.07) is 10.4. The summed E-state index contributed by atoms with van der Waals surface area (Å²) in [7, 11) is 0. The highest BCUT2D eigenvalue weighted by Gasteiger charge is 2.25. The zero-order chi connectivity index (χ0) is 13.5. The second kappa shape index (κ2) is 7.26. The molecule has 1 saturated heterocycles. The zero-order valence-electron chi connectivity index (χ0n) is 11.5. The van der Waals surface area contributed by atoms with Gasteiger partial charge in [0.2, 0.25) is 5.91 Å². The molecule has 0 aromatic heterocycles. The maximum absolute atomic E-state index is 11.9. The molecule has 1 aromatic rings. The first kappa shape index (κ1) is 14.0. The molecule has 1 atom stereocenters. The summed E-state index contributed by atoms with van der Waals surface area (Å²) in [6.45, 7) is 5.16. The van der Waals surface area contributed by atoms with Crippen LogP contribution in [0.25, 0.3) is 0 Å². The van der Waals surface area contributed by atoms with Crippen molar-refractivity contribution in [1.82, 2.24) is 10.4 Å². The third kappa shape index (κ3) is 4.33. The van der Waals surface area contributed by atoms with Crippen molar-refractivity contribution in [3.63, 3.8) is 0 Å². The smallest absolute Gasteiger partial charge is 0.247 e. The van der Waals surface area contributed by atoms with Gasteiger partial charge in [-0.15, -0.1) is 0 Å². The number of hydroxylamine groups is 1. The van der Waals surface area contributed by atoms with Gasteiger partial charge in [-0.05, 0) is 31.9 Å². The molecule has 1 aliphatic heterocycles. The van der Waals surface area contributed by atoms with Crippen LogP contribution in [0, 0.1) is 5.92 Å². The second-order valence-corrected chi connectivity index (χ2v) is 4.96. The quantitative estimate of drug-likeness (QED) is 0.825. The van der Waals surface area contributed by atoms with Crippen molar-refractivity contribution in [2.75, 3.05) is 19.7 Å². The number of hydrogen-bond acceptors (Lipinski definition) is 3. The molecule has 0 radical (unpaired) electrons. The molecule has 0 spiro atoms. The molecule has 1 aromatic carbocycles. The summed E-state index contributed by atoms with van der Waals surface area (Å²) in [5.41, 5.74) is 3.82. The standard InChI is InChI=1S/C15H22N2O2/c1-2-19-16-15(18)14-9-6-10-17(12-14)11-13-7-4-3-5-8-13/h3-5,7-8,14H,2,6,9-12H2,1H3,(H,16,18). The number of carbonyl (C=O) groups excluding carboxylic acids is 1. The Labute approximate surface area is 114 Å². The zero-order valence-corrected chi connectivity index (χ0v) is 11.5. The third-order valence-electron chi connectivity index (χ3n) is 3.44. The van der Waals surface area contributed by atoms with E-state index in [1.807, 2.05) is 13.0 Å². The Kier molecular flexibility index (Phi) is 5.36. The van der Waals surface area contributed by atoms with E-state index in [0.717, 1.165) is 32.5 Å². The molecule has 19 heavy (non-hydrogen) atoms. The van der Waals surface area contributed by atoms with Gasteiger partial charge in [-0.1, -0.05) is 30.3 Å². The summed E-state index contributed by atoms with van der Waals surface area (Å²) in [6.07, 6.45) is 2.02. The van der Waals surface area contributed by atoms with Crippen LogP contribution in [-0.2, 0) is 16.2 Å². The van der Waals surface area contributed by atoms with E-state index in [2.05, 4.69) is 34.6 Å². The highest BCUT2D eigenvalue weighted by atomic mass is 16.6. The normalized spacial score (nSPS) is 20.2. The molecule has 1 N–H and O–H groups in total. The fourth-order valence-corrected chi connectivity index (χ4v) is 2.48. The Morgan fingerprint density at radius 3 is 2.95 bits per heavy atom. The molecule has 0 bridgehead atoms. The molecular weight excluding hydrogens is 240 g/mol. The highest BCUT2D eigenvalue weighted by molar-refractivity contribution is 5.77. The summed E-state index contributed by atoms with van der Waals surface area (Å²) in [5.74, 6) is 0.0589. The van der Waals surface area contributed by atoms with Gasteiger partial charge in [-0.25, -0.2) is 5.48 Å². The molecule has 1 heterocycles. The minimum Gasteiger partial charge on any atom is -0.298 e. The van der Waals surface area contributed by atoms with Crippen molar-refractivity contribution in [1.29, 1.82) is 0 Å². The molecule has 2 rings (SSSR count). The predicted molar refractivity (Wildman–Crippen MR) is 74.2 cm³/mol. The number of hydrogen-bond donors (Lipinski definition) is 1. The predicted octanol–water partition coefficient (Wildman–Crippen LogP) is 1.97. The van der Waals surface area contributed by atoms with Gasteiger partial charge in [0, 0.05) is 13.1 Å². The van der Waals surface area contributed by atoms with Gasteiger partial charge in [-0.3, -0.25) is 14.5 Å². The molecule has 4 heteroatoms. The minimum atomic E-state index is 0.0135. The van der Waals surface area contributed by atoms with Crippen LogP contribution in [0.2, 0.25) is 0 Å². The topological polar surface area (TPSA) is 41.6 Å². The summed E-state index contributed by atoms with van der Waals surface area (Å²) in [4.78, 5) is 19.2. The molecule has 1 aliphatic rings. The number of nitrogens with zero attached hydrogens (tertiary/aromatic N) is 1.